The molecule has 0 saturated carbocycles. The molecule has 138 valence electrons. The molecule has 25 heavy (non-hydrogen) atoms. The van der Waals surface area contributed by atoms with Crippen LogP contribution in [0.4, 0.5) is 5.00 Å². The van der Waals surface area contributed by atoms with E-state index in [1.54, 1.807) is 11.3 Å². The van der Waals surface area contributed by atoms with Crippen LogP contribution in [0.1, 0.15) is 60.3 Å². The molecule has 1 aromatic rings. The zero-order valence-electron chi connectivity index (χ0n) is 15.2. The molecule has 2 aliphatic rings. The van der Waals surface area contributed by atoms with Gasteiger partial charge in [-0.15, -0.1) is 11.3 Å². The number of carbonyl (C=O) groups is 2. The van der Waals surface area contributed by atoms with Gasteiger partial charge in [0.1, 0.15) is 5.00 Å². The van der Waals surface area contributed by atoms with Crippen LogP contribution in [-0.4, -0.2) is 43.0 Å². The maximum Gasteiger partial charge on any atom is 0.341 e. The molecule has 0 radical (unpaired) electrons. The normalized spacial score (nSPS) is 20.8. The van der Waals surface area contributed by atoms with Gasteiger partial charge >= 0.3 is 5.97 Å². The highest BCUT2D eigenvalue weighted by Crippen LogP contribution is 2.40. The Morgan fingerprint density at radius 3 is 2.76 bits per heavy atom. The van der Waals surface area contributed by atoms with E-state index in [1.807, 2.05) is 6.92 Å². The maximum atomic E-state index is 12.5. The number of thiophene rings is 1. The summed E-state index contributed by atoms with van der Waals surface area (Å²) in [5.74, 6) is 0.230. The van der Waals surface area contributed by atoms with Crippen molar-refractivity contribution in [2.75, 3.05) is 31.6 Å². The van der Waals surface area contributed by atoms with E-state index in [2.05, 4.69) is 17.1 Å². The van der Waals surface area contributed by atoms with Gasteiger partial charge in [0.25, 0.3) is 0 Å². The minimum absolute atomic E-state index is 0.0286. The highest BCUT2D eigenvalue weighted by Gasteiger charge is 2.29. The van der Waals surface area contributed by atoms with Crippen molar-refractivity contribution in [1.82, 2.24) is 4.90 Å². The summed E-state index contributed by atoms with van der Waals surface area (Å²) in [6.45, 7) is 6.74. The van der Waals surface area contributed by atoms with Crippen LogP contribution < -0.4 is 5.32 Å². The molecule has 1 fully saturated rings. The first-order chi connectivity index (χ1) is 12.1. The second kappa shape index (κ2) is 8.32. The first-order valence-corrected chi connectivity index (χ1v) is 10.2. The van der Waals surface area contributed by atoms with E-state index in [9.17, 15) is 9.59 Å². The first kappa shape index (κ1) is 18.4. The number of nitrogens with one attached hydrogen (secondary N) is 1. The fourth-order valence-corrected chi connectivity index (χ4v) is 5.00. The summed E-state index contributed by atoms with van der Waals surface area (Å²) in [5, 5.41) is 3.69. The van der Waals surface area contributed by atoms with Gasteiger partial charge in [0.15, 0.2) is 0 Å². The maximum absolute atomic E-state index is 12.5. The van der Waals surface area contributed by atoms with Crippen LogP contribution in [0.25, 0.3) is 0 Å². The number of rotatable bonds is 5. The standard InChI is InChI=1S/C19H28N2O3S/c1-3-24-19(23)17-14-11-13(2)7-8-15(14)25-18(17)20-16(22)12-21-9-5-4-6-10-21/h13H,3-12H2,1-2H3,(H,20,22). The molecule has 1 aliphatic heterocycles. The zero-order valence-corrected chi connectivity index (χ0v) is 16.0. The predicted octanol–water partition coefficient (Wildman–Crippen LogP) is 3.47. The Balaban J connectivity index is 1.77. The highest BCUT2D eigenvalue weighted by atomic mass is 32.1. The Morgan fingerprint density at radius 1 is 1.28 bits per heavy atom. The predicted molar refractivity (Wildman–Crippen MR) is 100 cm³/mol. The van der Waals surface area contributed by atoms with Crippen molar-refractivity contribution in [3.63, 3.8) is 0 Å². The SMILES string of the molecule is CCOC(=O)c1c(NC(=O)CN2CCCCC2)sc2c1CC(C)CC2. The molecule has 2 heterocycles. The lowest BCUT2D eigenvalue weighted by molar-refractivity contribution is -0.117. The molecule has 3 rings (SSSR count). The molecule has 0 aromatic carbocycles. The number of amides is 1. The van der Waals surface area contributed by atoms with Gasteiger partial charge in [-0.1, -0.05) is 13.3 Å². The fraction of sp³-hybridized carbons (Fsp3) is 0.684. The molecule has 1 N–H and O–H groups in total. The lowest BCUT2D eigenvalue weighted by atomic mass is 9.88. The molecule has 6 heteroatoms. The van der Waals surface area contributed by atoms with Crippen molar-refractivity contribution < 1.29 is 14.3 Å². The van der Waals surface area contributed by atoms with Crippen LogP contribution in [-0.2, 0) is 22.4 Å². The quantitative estimate of drug-likeness (QED) is 0.813. The topological polar surface area (TPSA) is 58.6 Å². The number of carbonyl (C=O) groups excluding carboxylic acids is 2. The minimum Gasteiger partial charge on any atom is -0.462 e. The number of nitrogens with zero attached hydrogens (tertiary/aromatic N) is 1. The average Bonchev–Trinajstić information content (AvgIpc) is 2.92. The molecular formula is C19H28N2O3S. The van der Waals surface area contributed by atoms with Crippen LogP contribution in [0, 0.1) is 5.92 Å². The Labute approximate surface area is 153 Å². The van der Waals surface area contributed by atoms with Gasteiger partial charge in [0.05, 0.1) is 18.7 Å². The third kappa shape index (κ3) is 4.42. The van der Waals surface area contributed by atoms with Gasteiger partial charge in [-0.25, -0.2) is 4.79 Å². The smallest absolute Gasteiger partial charge is 0.341 e. The molecule has 5 nitrogen and oxygen atoms in total. The third-order valence-electron chi connectivity index (χ3n) is 5.06. The van der Waals surface area contributed by atoms with Crippen molar-refractivity contribution in [2.45, 2.75) is 52.4 Å². The summed E-state index contributed by atoms with van der Waals surface area (Å²) >= 11 is 1.56. The number of hydrogen-bond donors (Lipinski definition) is 1. The fourth-order valence-electron chi connectivity index (χ4n) is 3.75. The third-order valence-corrected chi connectivity index (χ3v) is 6.26. The van der Waals surface area contributed by atoms with Gasteiger partial charge in [0.2, 0.25) is 5.91 Å². The lowest BCUT2D eigenvalue weighted by Crippen LogP contribution is -2.36. The van der Waals surface area contributed by atoms with Crippen LogP contribution in [0.15, 0.2) is 0 Å². The number of hydrogen-bond acceptors (Lipinski definition) is 5. The molecule has 1 saturated heterocycles. The van der Waals surface area contributed by atoms with E-state index in [1.165, 1.54) is 11.3 Å². The second-order valence-corrected chi connectivity index (χ2v) is 8.27. The van der Waals surface area contributed by atoms with E-state index in [0.29, 0.717) is 29.6 Å². The van der Waals surface area contributed by atoms with Crippen molar-refractivity contribution in [2.24, 2.45) is 5.92 Å². The monoisotopic (exact) mass is 364 g/mol. The minimum atomic E-state index is -0.303. The van der Waals surface area contributed by atoms with Crippen molar-refractivity contribution in [3.05, 3.63) is 16.0 Å². The molecular weight excluding hydrogens is 336 g/mol. The Hall–Kier alpha value is -1.40. The summed E-state index contributed by atoms with van der Waals surface area (Å²) in [5.41, 5.74) is 1.69. The average molecular weight is 365 g/mol. The van der Waals surface area contributed by atoms with E-state index in [-0.39, 0.29) is 11.9 Å². The van der Waals surface area contributed by atoms with Gasteiger partial charge in [0, 0.05) is 4.88 Å². The number of likely N-dealkylation sites (tertiary alicyclic amines) is 1. The van der Waals surface area contributed by atoms with Crippen LogP contribution in [0.5, 0.6) is 0 Å². The summed E-state index contributed by atoms with van der Waals surface area (Å²) in [6, 6.07) is 0. The van der Waals surface area contributed by atoms with E-state index < -0.39 is 0 Å². The Bertz CT molecular complexity index is 635. The van der Waals surface area contributed by atoms with Crippen LogP contribution >= 0.6 is 11.3 Å². The molecule has 0 bridgehead atoms. The molecule has 1 unspecified atom stereocenters. The van der Waals surface area contributed by atoms with Gasteiger partial charge in [-0.3, -0.25) is 9.69 Å². The molecule has 1 atom stereocenters. The molecule has 1 amide bonds. The van der Waals surface area contributed by atoms with Gasteiger partial charge in [-0.05, 0) is 63.6 Å². The summed E-state index contributed by atoms with van der Waals surface area (Å²) in [7, 11) is 0. The Morgan fingerprint density at radius 2 is 2.04 bits per heavy atom. The van der Waals surface area contributed by atoms with Crippen molar-refractivity contribution >= 4 is 28.2 Å². The number of piperidine rings is 1. The number of fused-ring (bicyclic) bond motifs is 1. The van der Waals surface area contributed by atoms with Crippen molar-refractivity contribution in [1.29, 1.82) is 0 Å². The number of esters is 1. The molecule has 1 aromatic heterocycles. The zero-order chi connectivity index (χ0) is 17.8. The summed E-state index contributed by atoms with van der Waals surface area (Å²) in [6.07, 6.45) is 6.58. The van der Waals surface area contributed by atoms with Crippen LogP contribution in [0.3, 0.4) is 0 Å². The first-order valence-electron chi connectivity index (χ1n) is 9.42. The number of aryl methyl sites for hydroxylation is 1. The Kier molecular flexibility index (Phi) is 6.12. The second-order valence-electron chi connectivity index (χ2n) is 7.16. The van der Waals surface area contributed by atoms with E-state index in [4.69, 9.17) is 4.74 Å². The van der Waals surface area contributed by atoms with E-state index >= 15 is 0 Å². The van der Waals surface area contributed by atoms with Crippen LogP contribution in [0.2, 0.25) is 0 Å². The summed E-state index contributed by atoms with van der Waals surface area (Å²) in [4.78, 5) is 28.4. The largest absolute Gasteiger partial charge is 0.462 e. The van der Waals surface area contributed by atoms with Crippen molar-refractivity contribution in [3.8, 4) is 0 Å². The number of ether oxygens (including phenoxy) is 1. The lowest BCUT2D eigenvalue weighted by Gasteiger charge is -2.25. The highest BCUT2D eigenvalue weighted by molar-refractivity contribution is 7.17. The van der Waals surface area contributed by atoms with E-state index in [0.717, 1.165) is 50.8 Å². The molecule has 0 spiro atoms. The van der Waals surface area contributed by atoms with Gasteiger partial charge < -0.3 is 10.1 Å². The molecule has 1 aliphatic carbocycles. The summed E-state index contributed by atoms with van der Waals surface area (Å²) < 4.78 is 5.27. The van der Waals surface area contributed by atoms with Gasteiger partial charge in [-0.2, -0.15) is 0 Å². The number of anilines is 1.